The van der Waals surface area contributed by atoms with Crippen molar-refractivity contribution in [2.24, 2.45) is 5.41 Å². The van der Waals surface area contributed by atoms with Crippen LogP contribution in [0.3, 0.4) is 0 Å². The van der Waals surface area contributed by atoms with Gasteiger partial charge in [0.25, 0.3) is 0 Å². The molecule has 0 atom stereocenters. The zero-order valence-corrected chi connectivity index (χ0v) is 24.5. The third-order valence-corrected chi connectivity index (χ3v) is 9.01. The monoisotopic (exact) mass is 522 g/mol. The standard InChI is InChI=1S/C21H36O2S.C8H10O2S/c1-5-7-9-11-13-21(14-12-10-8-6-2)15-22-19-17(3)24-18(4)20(19)23-16-21;1-5-7-8(6(2)11-5)10-4-3-9-7/h5-16H2,1-4H3;3-4H2,1-2H3. The maximum Gasteiger partial charge on any atom is 0.175 e. The molecule has 2 aromatic heterocycles. The molecule has 2 aliphatic heterocycles. The van der Waals surface area contributed by atoms with E-state index in [9.17, 15) is 0 Å². The van der Waals surface area contributed by atoms with E-state index < -0.39 is 0 Å². The van der Waals surface area contributed by atoms with Crippen molar-refractivity contribution < 1.29 is 18.9 Å². The number of hydrogen-bond acceptors (Lipinski definition) is 6. The number of fused-ring (bicyclic) bond motifs is 2. The lowest BCUT2D eigenvalue weighted by atomic mass is 9.79. The first-order valence-corrected chi connectivity index (χ1v) is 15.2. The minimum Gasteiger partial charge on any atom is -0.488 e. The molecule has 0 saturated heterocycles. The first-order chi connectivity index (χ1) is 16.9. The number of aryl methyl sites for hydroxylation is 4. The Labute approximate surface area is 221 Å². The predicted molar refractivity (Wildman–Crippen MR) is 150 cm³/mol. The van der Waals surface area contributed by atoms with Crippen LogP contribution in [-0.4, -0.2) is 26.4 Å². The molecule has 198 valence electrons. The summed E-state index contributed by atoms with van der Waals surface area (Å²) in [5, 5.41) is 0. The Balaban J connectivity index is 0.000000256. The topological polar surface area (TPSA) is 36.9 Å². The van der Waals surface area contributed by atoms with Crippen LogP contribution >= 0.6 is 22.7 Å². The number of ether oxygens (including phenoxy) is 4. The molecule has 0 fully saturated rings. The first kappa shape index (κ1) is 28.2. The summed E-state index contributed by atoms with van der Waals surface area (Å²) >= 11 is 3.53. The number of thiophene rings is 2. The maximum absolute atomic E-state index is 6.32. The van der Waals surface area contributed by atoms with E-state index in [4.69, 9.17) is 18.9 Å². The van der Waals surface area contributed by atoms with Gasteiger partial charge in [-0.2, -0.15) is 0 Å². The smallest absolute Gasteiger partial charge is 0.175 e. The van der Waals surface area contributed by atoms with Crippen molar-refractivity contribution >= 4 is 22.7 Å². The summed E-state index contributed by atoms with van der Waals surface area (Å²) < 4.78 is 23.6. The summed E-state index contributed by atoms with van der Waals surface area (Å²) in [4.78, 5) is 4.96. The molecule has 0 amide bonds. The van der Waals surface area contributed by atoms with Gasteiger partial charge < -0.3 is 18.9 Å². The van der Waals surface area contributed by atoms with E-state index in [0.717, 1.165) is 36.2 Å². The summed E-state index contributed by atoms with van der Waals surface area (Å²) in [6.45, 7) is 16.0. The van der Waals surface area contributed by atoms with E-state index in [-0.39, 0.29) is 5.41 Å². The van der Waals surface area contributed by atoms with Crippen LogP contribution in [0.4, 0.5) is 0 Å². The third kappa shape index (κ3) is 7.55. The molecule has 0 aromatic carbocycles. The average molecular weight is 523 g/mol. The van der Waals surface area contributed by atoms with Crippen LogP contribution in [0.15, 0.2) is 0 Å². The Morgan fingerprint density at radius 1 is 0.543 bits per heavy atom. The van der Waals surface area contributed by atoms with Gasteiger partial charge in [-0.05, 0) is 40.5 Å². The van der Waals surface area contributed by atoms with Crippen molar-refractivity contribution in [2.75, 3.05) is 26.4 Å². The molecule has 2 aromatic rings. The largest absolute Gasteiger partial charge is 0.488 e. The minimum absolute atomic E-state index is 0.205. The van der Waals surface area contributed by atoms with Gasteiger partial charge in [-0.15, -0.1) is 22.7 Å². The lowest BCUT2D eigenvalue weighted by Gasteiger charge is -2.31. The lowest BCUT2D eigenvalue weighted by Crippen LogP contribution is -2.33. The van der Waals surface area contributed by atoms with Gasteiger partial charge in [-0.25, -0.2) is 0 Å². The second kappa shape index (κ2) is 13.8. The van der Waals surface area contributed by atoms with Gasteiger partial charge in [0.1, 0.15) is 13.2 Å². The Bertz CT molecular complexity index is 845. The van der Waals surface area contributed by atoms with Gasteiger partial charge in [-0.3, -0.25) is 0 Å². The van der Waals surface area contributed by atoms with Crippen LogP contribution in [0, 0.1) is 33.1 Å². The van der Waals surface area contributed by atoms with Gasteiger partial charge in [-0.1, -0.05) is 65.2 Å². The molecule has 0 bridgehead atoms. The van der Waals surface area contributed by atoms with Gasteiger partial charge in [0.05, 0.1) is 13.2 Å². The summed E-state index contributed by atoms with van der Waals surface area (Å²) in [5.41, 5.74) is 0.205. The Morgan fingerprint density at radius 2 is 0.914 bits per heavy atom. The lowest BCUT2D eigenvalue weighted by molar-refractivity contribution is 0.0780. The van der Waals surface area contributed by atoms with Crippen LogP contribution in [0.1, 0.15) is 97.6 Å². The molecule has 0 unspecified atom stereocenters. The Kier molecular flexibility index (Phi) is 11.1. The van der Waals surface area contributed by atoms with Crippen LogP contribution < -0.4 is 18.9 Å². The van der Waals surface area contributed by atoms with Gasteiger partial charge in [0.15, 0.2) is 23.0 Å². The highest BCUT2D eigenvalue weighted by Crippen LogP contribution is 2.46. The van der Waals surface area contributed by atoms with E-state index in [0.29, 0.717) is 13.2 Å². The Morgan fingerprint density at radius 3 is 1.29 bits per heavy atom. The molecular weight excluding hydrogens is 476 g/mol. The zero-order valence-electron chi connectivity index (χ0n) is 22.8. The highest BCUT2D eigenvalue weighted by molar-refractivity contribution is 7.12. The molecule has 4 nitrogen and oxygen atoms in total. The normalized spacial score (nSPS) is 15.8. The van der Waals surface area contributed by atoms with Crippen molar-refractivity contribution in [2.45, 2.75) is 106 Å². The molecule has 4 heterocycles. The number of unbranched alkanes of at least 4 members (excludes halogenated alkanes) is 6. The van der Waals surface area contributed by atoms with Crippen molar-refractivity contribution in [1.82, 2.24) is 0 Å². The average Bonchev–Trinajstić information content (AvgIpc) is 3.20. The van der Waals surface area contributed by atoms with Crippen molar-refractivity contribution in [3.05, 3.63) is 19.5 Å². The Hall–Kier alpha value is -1.40. The second-order valence-corrected chi connectivity index (χ2v) is 13.0. The molecule has 4 rings (SSSR count). The molecule has 0 radical (unpaired) electrons. The summed E-state index contributed by atoms with van der Waals surface area (Å²) in [7, 11) is 0. The SMILES string of the molecule is CCCCCCC1(CCCCCC)COc2c(C)sc(C)c2OC1.Cc1sc(C)c2c1OCCO2. The number of hydrogen-bond donors (Lipinski definition) is 0. The van der Waals surface area contributed by atoms with Crippen LogP contribution in [-0.2, 0) is 0 Å². The minimum atomic E-state index is 0.205. The highest BCUT2D eigenvalue weighted by Gasteiger charge is 2.35. The van der Waals surface area contributed by atoms with Crippen LogP contribution in [0.25, 0.3) is 0 Å². The van der Waals surface area contributed by atoms with Gasteiger partial charge in [0.2, 0.25) is 0 Å². The molecule has 0 aliphatic carbocycles. The quantitative estimate of drug-likeness (QED) is 0.291. The molecule has 6 heteroatoms. The van der Waals surface area contributed by atoms with E-state index in [1.807, 2.05) is 0 Å². The third-order valence-electron chi connectivity index (χ3n) is 7.05. The summed E-state index contributed by atoms with van der Waals surface area (Å²) in [5.74, 6) is 3.94. The summed E-state index contributed by atoms with van der Waals surface area (Å²) in [6.07, 6.45) is 13.1. The van der Waals surface area contributed by atoms with Gasteiger partial charge in [0, 0.05) is 24.9 Å². The van der Waals surface area contributed by atoms with Crippen molar-refractivity contribution in [1.29, 1.82) is 0 Å². The molecule has 0 saturated carbocycles. The fourth-order valence-corrected chi connectivity index (χ4v) is 6.90. The molecule has 35 heavy (non-hydrogen) atoms. The highest BCUT2D eigenvalue weighted by atomic mass is 32.1. The fourth-order valence-electron chi connectivity index (χ4n) is 5.00. The first-order valence-electron chi connectivity index (χ1n) is 13.6. The molecule has 2 aliphatic rings. The van der Waals surface area contributed by atoms with Crippen molar-refractivity contribution in [3.8, 4) is 23.0 Å². The van der Waals surface area contributed by atoms with E-state index in [1.165, 1.54) is 83.7 Å². The van der Waals surface area contributed by atoms with Gasteiger partial charge >= 0.3 is 0 Å². The second-order valence-electron chi connectivity index (χ2n) is 10.1. The summed E-state index contributed by atoms with van der Waals surface area (Å²) in [6, 6.07) is 0. The van der Waals surface area contributed by atoms with E-state index in [2.05, 4.69) is 41.5 Å². The van der Waals surface area contributed by atoms with Crippen LogP contribution in [0.5, 0.6) is 23.0 Å². The molecular formula is C29H46O4S2. The maximum atomic E-state index is 6.32. The molecule has 0 spiro atoms. The predicted octanol–water partition coefficient (Wildman–Crippen LogP) is 9.20. The van der Waals surface area contributed by atoms with Crippen molar-refractivity contribution in [3.63, 3.8) is 0 Å². The zero-order chi connectivity index (χ0) is 25.3. The fraction of sp³-hybridized carbons (Fsp3) is 0.724. The number of rotatable bonds is 10. The molecule has 0 N–H and O–H groups in total. The van der Waals surface area contributed by atoms with E-state index in [1.54, 1.807) is 22.7 Å². The van der Waals surface area contributed by atoms with E-state index >= 15 is 0 Å². The van der Waals surface area contributed by atoms with Crippen LogP contribution in [0.2, 0.25) is 0 Å².